The first-order valence-electron chi connectivity index (χ1n) is 7.80. The van der Waals surface area contributed by atoms with Crippen LogP contribution in [0.25, 0.3) is 0 Å². The molecule has 2 aliphatic rings. The van der Waals surface area contributed by atoms with E-state index in [1.807, 2.05) is 12.4 Å². The molecule has 2 fully saturated rings. The average molecular weight is 276 g/mol. The summed E-state index contributed by atoms with van der Waals surface area (Å²) in [4.78, 5) is 14.3. The van der Waals surface area contributed by atoms with E-state index < -0.39 is 0 Å². The second-order valence-electron chi connectivity index (χ2n) is 6.08. The molecule has 0 bridgehead atoms. The van der Waals surface area contributed by atoms with Gasteiger partial charge in [-0.2, -0.15) is 5.10 Å². The molecule has 3 rings (SSSR count). The van der Waals surface area contributed by atoms with Crippen LogP contribution in [0.2, 0.25) is 0 Å². The second kappa shape index (κ2) is 6.39. The van der Waals surface area contributed by atoms with Crippen LogP contribution >= 0.6 is 0 Å². The Labute approximate surface area is 120 Å². The normalized spacial score (nSPS) is 24.2. The van der Waals surface area contributed by atoms with Gasteiger partial charge < -0.3 is 10.2 Å². The number of aromatic amines is 1. The standard InChI is InChI=1S/C15H24N4O/c20-15(2-1-12-3-6-16-9-12)19-7-4-13(5-8-19)14-10-17-18-11-14/h10-13,16H,1-9H2,(H,17,18). The summed E-state index contributed by atoms with van der Waals surface area (Å²) in [6.45, 7) is 4.01. The van der Waals surface area contributed by atoms with E-state index in [1.54, 1.807) is 0 Å². The van der Waals surface area contributed by atoms with E-state index in [0.29, 0.717) is 17.7 Å². The van der Waals surface area contributed by atoms with E-state index in [9.17, 15) is 4.79 Å². The Morgan fingerprint density at radius 2 is 2.20 bits per heavy atom. The number of amides is 1. The van der Waals surface area contributed by atoms with Gasteiger partial charge in [0, 0.05) is 25.7 Å². The highest BCUT2D eigenvalue weighted by Crippen LogP contribution is 2.27. The number of hydrogen-bond donors (Lipinski definition) is 2. The van der Waals surface area contributed by atoms with Crippen LogP contribution in [0.1, 0.15) is 43.6 Å². The van der Waals surface area contributed by atoms with Gasteiger partial charge in [0.2, 0.25) is 5.91 Å². The molecule has 1 aromatic heterocycles. The second-order valence-corrected chi connectivity index (χ2v) is 6.08. The molecule has 20 heavy (non-hydrogen) atoms. The number of piperidine rings is 1. The summed E-state index contributed by atoms with van der Waals surface area (Å²) in [6, 6.07) is 0. The van der Waals surface area contributed by atoms with Gasteiger partial charge in [0.1, 0.15) is 0 Å². The number of H-pyrrole nitrogens is 1. The van der Waals surface area contributed by atoms with Gasteiger partial charge in [-0.15, -0.1) is 0 Å². The first kappa shape index (κ1) is 13.6. The van der Waals surface area contributed by atoms with Gasteiger partial charge in [0.05, 0.1) is 6.20 Å². The molecule has 2 N–H and O–H groups in total. The molecule has 110 valence electrons. The third-order valence-corrected chi connectivity index (χ3v) is 4.77. The molecule has 1 amide bonds. The third-order valence-electron chi connectivity index (χ3n) is 4.77. The molecule has 5 nitrogen and oxygen atoms in total. The molecule has 5 heteroatoms. The lowest BCUT2D eigenvalue weighted by Crippen LogP contribution is -2.38. The molecule has 1 aromatic rings. The van der Waals surface area contributed by atoms with E-state index >= 15 is 0 Å². The summed E-state index contributed by atoms with van der Waals surface area (Å²) in [5.41, 5.74) is 1.29. The largest absolute Gasteiger partial charge is 0.343 e. The summed E-state index contributed by atoms with van der Waals surface area (Å²) in [5, 5.41) is 10.3. The minimum Gasteiger partial charge on any atom is -0.343 e. The van der Waals surface area contributed by atoms with Crippen molar-refractivity contribution in [2.24, 2.45) is 5.92 Å². The summed E-state index contributed by atoms with van der Waals surface area (Å²) >= 11 is 0. The van der Waals surface area contributed by atoms with Gasteiger partial charge in [-0.1, -0.05) is 0 Å². The average Bonchev–Trinajstić information content (AvgIpc) is 3.18. The fourth-order valence-electron chi connectivity index (χ4n) is 3.39. The lowest BCUT2D eigenvalue weighted by molar-refractivity contribution is -0.132. The van der Waals surface area contributed by atoms with Crippen molar-refractivity contribution in [3.05, 3.63) is 18.0 Å². The Morgan fingerprint density at radius 3 is 2.85 bits per heavy atom. The van der Waals surface area contributed by atoms with Gasteiger partial charge in [0.25, 0.3) is 0 Å². The Bertz CT molecular complexity index is 417. The molecule has 0 spiro atoms. The smallest absolute Gasteiger partial charge is 0.222 e. The van der Waals surface area contributed by atoms with E-state index in [-0.39, 0.29) is 0 Å². The van der Waals surface area contributed by atoms with Crippen LogP contribution in [0.3, 0.4) is 0 Å². The molecule has 1 unspecified atom stereocenters. The predicted molar refractivity (Wildman–Crippen MR) is 77.4 cm³/mol. The zero-order valence-corrected chi connectivity index (χ0v) is 12.0. The topological polar surface area (TPSA) is 61.0 Å². The Balaban J connectivity index is 1.42. The summed E-state index contributed by atoms with van der Waals surface area (Å²) in [7, 11) is 0. The number of nitrogens with one attached hydrogen (secondary N) is 2. The van der Waals surface area contributed by atoms with Crippen molar-refractivity contribution in [2.45, 2.75) is 38.0 Å². The molecule has 0 aliphatic carbocycles. The van der Waals surface area contributed by atoms with Crippen molar-refractivity contribution in [1.82, 2.24) is 20.4 Å². The highest BCUT2D eigenvalue weighted by atomic mass is 16.2. The quantitative estimate of drug-likeness (QED) is 0.876. The van der Waals surface area contributed by atoms with Crippen LogP contribution in [-0.2, 0) is 4.79 Å². The van der Waals surface area contributed by atoms with E-state index in [0.717, 1.165) is 51.9 Å². The maximum atomic E-state index is 12.2. The van der Waals surface area contributed by atoms with Crippen LogP contribution in [0.4, 0.5) is 0 Å². The lowest BCUT2D eigenvalue weighted by atomic mass is 9.91. The molecule has 1 atom stereocenters. The highest BCUT2D eigenvalue weighted by molar-refractivity contribution is 5.76. The van der Waals surface area contributed by atoms with Crippen LogP contribution < -0.4 is 5.32 Å². The first-order valence-corrected chi connectivity index (χ1v) is 7.80. The van der Waals surface area contributed by atoms with E-state index in [1.165, 1.54) is 12.0 Å². The summed E-state index contributed by atoms with van der Waals surface area (Å²) in [5.74, 6) is 1.63. The van der Waals surface area contributed by atoms with Crippen molar-refractivity contribution in [2.75, 3.05) is 26.2 Å². The van der Waals surface area contributed by atoms with Gasteiger partial charge in [0.15, 0.2) is 0 Å². The SMILES string of the molecule is O=C(CCC1CCNC1)N1CCC(c2cn[nH]c2)CC1. The molecule has 0 aromatic carbocycles. The molecule has 2 saturated heterocycles. The Kier molecular flexibility index (Phi) is 4.35. The molecule has 2 aliphatic heterocycles. The number of hydrogen-bond acceptors (Lipinski definition) is 3. The number of nitrogens with zero attached hydrogens (tertiary/aromatic N) is 2. The maximum Gasteiger partial charge on any atom is 0.222 e. The zero-order chi connectivity index (χ0) is 13.8. The zero-order valence-electron chi connectivity index (χ0n) is 12.0. The van der Waals surface area contributed by atoms with Crippen LogP contribution in [0.15, 0.2) is 12.4 Å². The van der Waals surface area contributed by atoms with Gasteiger partial charge in [-0.05, 0) is 56.2 Å². The minimum atomic E-state index is 0.350. The fourth-order valence-corrected chi connectivity index (χ4v) is 3.39. The van der Waals surface area contributed by atoms with Crippen molar-refractivity contribution in [3.63, 3.8) is 0 Å². The van der Waals surface area contributed by atoms with Crippen molar-refractivity contribution >= 4 is 5.91 Å². The summed E-state index contributed by atoms with van der Waals surface area (Å²) < 4.78 is 0. The van der Waals surface area contributed by atoms with Crippen LogP contribution in [0.5, 0.6) is 0 Å². The summed E-state index contributed by atoms with van der Waals surface area (Å²) in [6.07, 6.45) is 9.03. The number of likely N-dealkylation sites (tertiary alicyclic amines) is 1. The van der Waals surface area contributed by atoms with E-state index in [4.69, 9.17) is 0 Å². The molecular formula is C15H24N4O. The molecule has 0 radical (unpaired) electrons. The van der Waals surface area contributed by atoms with E-state index in [2.05, 4.69) is 20.4 Å². The molecule has 0 saturated carbocycles. The first-order chi connectivity index (χ1) is 9.83. The Morgan fingerprint density at radius 1 is 1.35 bits per heavy atom. The monoisotopic (exact) mass is 276 g/mol. The maximum absolute atomic E-state index is 12.2. The Hall–Kier alpha value is -1.36. The molecular weight excluding hydrogens is 252 g/mol. The number of carbonyl (C=O) groups is 1. The number of aromatic nitrogens is 2. The lowest BCUT2D eigenvalue weighted by Gasteiger charge is -2.32. The van der Waals surface area contributed by atoms with Gasteiger partial charge >= 0.3 is 0 Å². The van der Waals surface area contributed by atoms with Crippen LogP contribution in [-0.4, -0.2) is 47.2 Å². The van der Waals surface area contributed by atoms with Gasteiger partial charge in [-0.25, -0.2) is 0 Å². The minimum absolute atomic E-state index is 0.350. The van der Waals surface area contributed by atoms with Crippen molar-refractivity contribution in [1.29, 1.82) is 0 Å². The number of rotatable bonds is 4. The van der Waals surface area contributed by atoms with Crippen LogP contribution in [0, 0.1) is 5.92 Å². The molecule has 3 heterocycles. The third kappa shape index (κ3) is 3.20. The van der Waals surface area contributed by atoms with Gasteiger partial charge in [-0.3, -0.25) is 9.89 Å². The fraction of sp³-hybridized carbons (Fsp3) is 0.733. The van der Waals surface area contributed by atoms with Crippen molar-refractivity contribution in [3.8, 4) is 0 Å². The highest BCUT2D eigenvalue weighted by Gasteiger charge is 2.25. The predicted octanol–water partition coefficient (Wildman–Crippen LogP) is 1.51. The van der Waals surface area contributed by atoms with Crippen molar-refractivity contribution < 1.29 is 4.79 Å². The number of carbonyl (C=O) groups excluding carboxylic acids is 1.